The van der Waals surface area contributed by atoms with Crippen LogP contribution in [0.1, 0.15) is 39.6 Å². The van der Waals surface area contributed by atoms with E-state index >= 15 is 0 Å². The van der Waals surface area contributed by atoms with Crippen molar-refractivity contribution in [1.29, 1.82) is 0 Å². The third-order valence-electron chi connectivity index (χ3n) is 2.98. The second-order valence-electron chi connectivity index (χ2n) is 4.41. The van der Waals surface area contributed by atoms with Crippen LogP contribution in [-0.2, 0) is 6.54 Å². The first kappa shape index (κ1) is 13.7. The third-order valence-corrected chi connectivity index (χ3v) is 3.86. The first-order valence-corrected chi connectivity index (χ1v) is 6.92. The van der Waals surface area contributed by atoms with E-state index < -0.39 is 5.97 Å². The molecule has 2 rings (SSSR count). The number of carbonyl (C=O) groups is 1. The maximum atomic E-state index is 10.7. The van der Waals surface area contributed by atoms with E-state index in [0.29, 0.717) is 6.54 Å². The van der Waals surface area contributed by atoms with Crippen LogP contribution in [0.5, 0.6) is 0 Å². The number of aromatic carboxylic acids is 1. The van der Waals surface area contributed by atoms with Gasteiger partial charge in [-0.3, -0.25) is 0 Å². The van der Waals surface area contributed by atoms with E-state index in [0.717, 1.165) is 17.0 Å². The predicted molar refractivity (Wildman–Crippen MR) is 75.5 cm³/mol. The third kappa shape index (κ3) is 3.39. The average molecular weight is 276 g/mol. The fraction of sp³-hybridized carbons (Fsp3) is 0.286. The first-order chi connectivity index (χ1) is 9.08. The lowest BCUT2D eigenvalue weighted by Gasteiger charge is -2.15. The Morgan fingerprint density at radius 1 is 1.47 bits per heavy atom. The zero-order valence-electron chi connectivity index (χ0n) is 10.9. The van der Waals surface area contributed by atoms with E-state index in [1.54, 1.807) is 5.38 Å². The van der Waals surface area contributed by atoms with Gasteiger partial charge in [0, 0.05) is 18.0 Å². The summed E-state index contributed by atoms with van der Waals surface area (Å²) in [6.45, 7) is 4.74. The fourth-order valence-corrected chi connectivity index (χ4v) is 2.58. The first-order valence-electron chi connectivity index (χ1n) is 6.04. The van der Waals surface area contributed by atoms with E-state index in [4.69, 9.17) is 5.11 Å². The molecule has 2 N–H and O–H groups in total. The lowest BCUT2D eigenvalue weighted by atomic mass is 10.0. The van der Waals surface area contributed by atoms with Gasteiger partial charge < -0.3 is 10.4 Å². The second-order valence-corrected chi connectivity index (χ2v) is 5.27. The number of benzene rings is 1. The van der Waals surface area contributed by atoms with Crippen molar-refractivity contribution >= 4 is 17.3 Å². The highest BCUT2D eigenvalue weighted by Gasteiger charge is 2.11. The molecule has 0 amide bonds. The van der Waals surface area contributed by atoms with Crippen LogP contribution in [0.15, 0.2) is 29.6 Å². The summed E-state index contributed by atoms with van der Waals surface area (Å²) in [4.78, 5) is 14.8. The fourth-order valence-electron chi connectivity index (χ4n) is 1.93. The molecule has 0 spiro atoms. The van der Waals surface area contributed by atoms with Gasteiger partial charge in [0.05, 0.1) is 5.69 Å². The van der Waals surface area contributed by atoms with E-state index in [1.807, 2.05) is 12.1 Å². The Balaban J connectivity index is 1.98. The second kappa shape index (κ2) is 5.95. The van der Waals surface area contributed by atoms with Crippen LogP contribution >= 0.6 is 11.3 Å². The monoisotopic (exact) mass is 276 g/mol. The van der Waals surface area contributed by atoms with Crippen molar-refractivity contribution in [3.05, 3.63) is 51.5 Å². The Labute approximate surface area is 116 Å². The smallest absolute Gasteiger partial charge is 0.365 e. The van der Waals surface area contributed by atoms with Gasteiger partial charge >= 0.3 is 5.97 Å². The highest BCUT2D eigenvalue weighted by atomic mass is 32.1. The molecule has 4 nitrogen and oxygen atoms in total. The number of hydrogen-bond acceptors (Lipinski definition) is 4. The van der Waals surface area contributed by atoms with E-state index in [2.05, 4.69) is 36.3 Å². The van der Waals surface area contributed by atoms with E-state index in [9.17, 15) is 4.79 Å². The molecule has 0 unspecified atom stereocenters. The zero-order valence-corrected chi connectivity index (χ0v) is 11.7. The number of carboxylic acid groups (broad SMARTS) is 1. The van der Waals surface area contributed by atoms with Crippen LogP contribution < -0.4 is 5.32 Å². The quantitative estimate of drug-likeness (QED) is 0.881. The molecule has 2 aromatic rings. The van der Waals surface area contributed by atoms with E-state index in [1.165, 1.54) is 11.1 Å². The molecule has 100 valence electrons. The molecule has 0 aliphatic rings. The van der Waals surface area contributed by atoms with Crippen molar-refractivity contribution in [2.24, 2.45) is 0 Å². The summed E-state index contributed by atoms with van der Waals surface area (Å²) < 4.78 is 0. The zero-order chi connectivity index (χ0) is 13.8. The number of nitrogens with one attached hydrogen (secondary N) is 1. The molecule has 0 aliphatic carbocycles. The molecule has 0 saturated carbocycles. The number of aromatic nitrogens is 1. The summed E-state index contributed by atoms with van der Waals surface area (Å²) in [5.41, 5.74) is 3.26. The van der Waals surface area contributed by atoms with Gasteiger partial charge in [0.1, 0.15) is 0 Å². The molecule has 0 fully saturated rings. The lowest BCUT2D eigenvalue weighted by molar-refractivity contribution is 0.0696. The molecule has 1 aromatic heterocycles. The highest BCUT2D eigenvalue weighted by molar-refractivity contribution is 7.11. The van der Waals surface area contributed by atoms with Crippen LogP contribution in [0.2, 0.25) is 0 Å². The maximum Gasteiger partial charge on any atom is 0.365 e. The van der Waals surface area contributed by atoms with Crippen molar-refractivity contribution in [2.75, 3.05) is 0 Å². The Bertz CT molecular complexity index is 580. The summed E-state index contributed by atoms with van der Waals surface area (Å²) in [6.07, 6.45) is 0. The van der Waals surface area contributed by atoms with Crippen molar-refractivity contribution in [3.8, 4) is 0 Å². The minimum atomic E-state index is -0.969. The van der Waals surface area contributed by atoms with Crippen molar-refractivity contribution in [1.82, 2.24) is 10.3 Å². The molecule has 0 aliphatic heterocycles. The van der Waals surface area contributed by atoms with Crippen LogP contribution in [0.25, 0.3) is 0 Å². The normalized spacial score (nSPS) is 12.3. The number of hydrogen-bond donors (Lipinski definition) is 2. The number of rotatable bonds is 5. The van der Waals surface area contributed by atoms with Crippen LogP contribution in [0.4, 0.5) is 0 Å². The molecule has 0 radical (unpaired) electrons. The molecule has 1 atom stereocenters. The Morgan fingerprint density at radius 2 is 2.21 bits per heavy atom. The Morgan fingerprint density at radius 3 is 2.84 bits per heavy atom. The van der Waals surface area contributed by atoms with Crippen LogP contribution in [0.3, 0.4) is 0 Å². The Kier molecular flexibility index (Phi) is 4.29. The maximum absolute atomic E-state index is 10.7. The summed E-state index contributed by atoms with van der Waals surface area (Å²) >= 11 is 1.16. The topological polar surface area (TPSA) is 62.2 Å². The molecule has 0 bridgehead atoms. The average Bonchev–Trinajstić information content (AvgIpc) is 2.85. The minimum Gasteiger partial charge on any atom is -0.476 e. The largest absolute Gasteiger partial charge is 0.476 e. The van der Waals surface area contributed by atoms with Gasteiger partial charge in [-0.2, -0.15) is 0 Å². The van der Waals surface area contributed by atoms with Gasteiger partial charge in [0.15, 0.2) is 0 Å². The molecule has 5 heteroatoms. The SMILES string of the molecule is Cc1ccccc1[C@H](C)NCc1csc(C(=O)O)n1. The highest BCUT2D eigenvalue weighted by Crippen LogP contribution is 2.17. The molecule has 19 heavy (non-hydrogen) atoms. The summed E-state index contributed by atoms with van der Waals surface area (Å²) in [7, 11) is 0. The minimum absolute atomic E-state index is 0.139. The Hall–Kier alpha value is -1.72. The molecular weight excluding hydrogens is 260 g/mol. The molecule has 0 saturated heterocycles. The summed E-state index contributed by atoms with van der Waals surface area (Å²) in [6, 6.07) is 8.42. The van der Waals surface area contributed by atoms with Gasteiger partial charge in [-0.05, 0) is 25.0 Å². The standard InChI is InChI=1S/C14H16N2O2S/c1-9-5-3-4-6-12(9)10(2)15-7-11-8-19-13(16-11)14(17)18/h3-6,8,10,15H,7H2,1-2H3,(H,17,18)/t10-/m0/s1. The number of nitrogens with zero attached hydrogens (tertiary/aromatic N) is 1. The lowest BCUT2D eigenvalue weighted by Crippen LogP contribution is -2.19. The van der Waals surface area contributed by atoms with Gasteiger partial charge in [-0.25, -0.2) is 9.78 Å². The molecule has 1 aromatic carbocycles. The summed E-state index contributed by atoms with van der Waals surface area (Å²) in [5, 5.41) is 14.1. The van der Waals surface area contributed by atoms with Gasteiger partial charge in [-0.1, -0.05) is 24.3 Å². The van der Waals surface area contributed by atoms with Crippen LogP contribution in [-0.4, -0.2) is 16.1 Å². The predicted octanol–water partition coefficient (Wildman–Crippen LogP) is 3.00. The van der Waals surface area contributed by atoms with Gasteiger partial charge in [-0.15, -0.1) is 11.3 Å². The van der Waals surface area contributed by atoms with E-state index in [-0.39, 0.29) is 11.0 Å². The number of aryl methyl sites for hydroxylation is 1. The van der Waals surface area contributed by atoms with Crippen molar-refractivity contribution < 1.29 is 9.90 Å². The van der Waals surface area contributed by atoms with Gasteiger partial charge in [0.25, 0.3) is 0 Å². The van der Waals surface area contributed by atoms with Gasteiger partial charge in [0.2, 0.25) is 5.01 Å². The molecular formula is C14H16N2O2S. The van der Waals surface area contributed by atoms with Crippen molar-refractivity contribution in [3.63, 3.8) is 0 Å². The van der Waals surface area contributed by atoms with Crippen LogP contribution in [0, 0.1) is 6.92 Å². The number of thiazole rings is 1. The molecule has 1 heterocycles. The number of carboxylic acids is 1. The van der Waals surface area contributed by atoms with Crippen molar-refractivity contribution in [2.45, 2.75) is 26.4 Å². The summed E-state index contributed by atoms with van der Waals surface area (Å²) in [5.74, 6) is -0.969.